The van der Waals surface area contributed by atoms with Crippen molar-refractivity contribution in [3.63, 3.8) is 0 Å². The monoisotopic (exact) mass is 262 g/mol. The summed E-state index contributed by atoms with van der Waals surface area (Å²) in [6, 6.07) is 2.79. The molecule has 0 radical (unpaired) electrons. The van der Waals surface area contributed by atoms with E-state index in [4.69, 9.17) is 5.11 Å². The van der Waals surface area contributed by atoms with Crippen LogP contribution in [0.4, 0.5) is 13.2 Å². The molecule has 1 aliphatic heterocycles. The largest absolute Gasteiger partial charge is 0.406 e. The number of carbonyl (C=O) groups excluding carboxylic acids is 1. The van der Waals surface area contributed by atoms with Crippen molar-refractivity contribution >= 4 is 5.91 Å². The minimum absolute atomic E-state index is 0.00660. The van der Waals surface area contributed by atoms with Gasteiger partial charge in [0.05, 0.1) is 0 Å². The number of halogens is 3. The van der Waals surface area contributed by atoms with Crippen LogP contribution in [0.3, 0.4) is 0 Å². The van der Waals surface area contributed by atoms with Crippen LogP contribution in [0, 0.1) is 5.92 Å². The SMILES string of the molecule is O=C(c1cccn1CC(F)(F)F)N1CC(CO)C1. The number of carbonyl (C=O) groups is 1. The second-order valence-corrected chi connectivity index (χ2v) is 4.40. The summed E-state index contributed by atoms with van der Waals surface area (Å²) in [5.41, 5.74) is 0.0312. The van der Waals surface area contributed by atoms with Crippen molar-refractivity contribution < 1.29 is 23.1 Å². The summed E-state index contributed by atoms with van der Waals surface area (Å²) in [6.07, 6.45) is -3.11. The van der Waals surface area contributed by atoms with Gasteiger partial charge in [0.1, 0.15) is 12.2 Å². The lowest BCUT2D eigenvalue weighted by Gasteiger charge is -2.38. The first kappa shape index (κ1) is 12.9. The van der Waals surface area contributed by atoms with E-state index in [-0.39, 0.29) is 18.2 Å². The van der Waals surface area contributed by atoms with Crippen LogP contribution in [0.5, 0.6) is 0 Å². The zero-order valence-electron chi connectivity index (χ0n) is 9.52. The van der Waals surface area contributed by atoms with Gasteiger partial charge >= 0.3 is 6.18 Å². The van der Waals surface area contributed by atoms with E-state index in [0.717, 1.165) is 4.57 Å². The molecule has 1 aliphatic rings. The first-order valence-corrected chi connectivity index (χ1v) is 5.53. The third-order valence-electron chi connectivity index (χ3n) is 2.90. The Kier molecular flexibility index (Phi) is 3.34. The highest BCUT2D eigenvalue weighted by molar-refractivity contribution is 5.93. The highest BCUT2D eigenvalue weighted by atomic mass is 19.4. The molecule has 0 atom stereocenters. The maximum absolute atomic E-state index is 12.3. The lowest BCUT2D eigenvalue weighted by Crippen LogP contribution is -2.51. The van der Waals surface area contributed by atoms with Crippen LogP contribution in [-0.2, 0) is 6.54 Å². The fourth-order valence-electron chi connectivity index (χ4n) is 1.95. The Balaban J connectivity index is 2.05. The van der Waals surface area contributed by atoms with Crippen molar-refractivity contribution in [1.82, 2.24) is 9.47 Å². The summed E-state index contributed by atoms with van der Waals surface area (Å²) in [5, 5.41) is 8.83. The minimum Gasteiger partial charge on any atom is -0.396 e. The number of hydrogen-bond donors (Lipinski definition) is 1. The number of rotatable bonds is 3. The molecule has 0 unspecified atom stereocenters. The minimum atomic E-state index is -4.35. The highest BCUT2D eigenvalue weighted by Gasteiger charge is 2.34. The van der Waals surface area contributed by atoms with Gasteiger partial charge in [-0.2, -0.15) is 13.2 Å². The molecule has 18 heavy (non-hydrogen) atoms. The van der Waals surface area contributed by atoms with Crippen LogP contribution in [0.2, 0.25) is 0 Å². The first-order chi connectivity index (χ1) is 8.40. The summed E-state index contributed by atoms with van der Waals surface area (Å²) in [7, 11) is 0. The van der Waals surface area contributed by atoms with Crippen LogP contribution in [-0.4, -0.2) is 46.4 Å². The second-order valence-electron chi connectivity index (χ2n) is 4.40. The van der Waals surface area contributed by atoms with E-state index in [9.17, 15) is 18.0 Å². The maximum Gasteiger partial charge on any atom is 0.406 e. The number of alkyl halides is 3. The van der Waals surface area contributed by atoms with E-state index in [1.165, 1.54) is 23.2 Å². The molecule has 0 spiro atoms. The molecule has 2 heterocycles. The van der Waals surface area contributed by atoms with Gasteiger partial charge in [-0.3, -0.25) is 4.79 Å². The Morgan fingerprint density at radius 1 is 1.44 bits per heavy atom. The summed E-state index contributed by atoms with van der Waals surface area (Å²) < 4.78 is 37.8. The maximum atomic E-state index is 12.3. The molecule has 7 heteroatoms. The summed E-state index contributed by atoms with van der Waals surface area (Å²) in [4.78, 5) is 13.3. The molecule has 1 saturated heterocycles. The van der Waals surface area contributed by atoms with Crippen molar-refractivity contribution in [3.8, 4) is 0 Å². The van der Waals surface area contributed by atoms with Crippen LogP contribution in [0.1, 0.15) is 10.5 Å². The van der Waals surface area contributed by atoms with E-state index in [1.54, 1.807) is 0 Å². The fourth-order valence-corrected chi connectivity index (χ4v) is 1.95. The van der Waals surface area contributed by atoms with Gasteiger partial charge in [0.15, 0.2) is 0 Å². The van der Waals surface area contributed by atoms with Gasteiger partial charge in [-0.15, -0.1) is 0 Å². The molecule has 0 bridgehead atoms. The topological polar surface area (TPSA) is 45.5 Å². The van der Waals surface area contributed by atoms with Gasteiger partial charge in [0.25, 0.3) is 5.91 Å². The van der Waals surface area contributed by atoms with Crippen molar-refractivity contribution in [2.45, 2.75) is 12.7 Å². The molecule has 0 saturated carbocycles. The average Bonchev–Trinajstić information content (AvgIpc) is 2.61. The summed E-state index contributed by atoms with van der Waals surface area (Å²) in [5.74, 6) is -0.381. The lowest BCUT2D eigenvalue weighted by molar-refractivity contribution is -0.140. The second kappa shape index (κ2) is 4.64. The Morgan fingerprint density at radius 3 is 2.67 bits per heavy atom. The molecular formula is C11H13F3N2O2. The van der Waals surface area contributed by atoms with E-state index >= 15 is 0 Å². The summed E-state index contributed by atoms with van der Waals surface area (Å²) in [6.45, 7) is -0.384. The van der Waals surface area contributed by atoms with Gasteiger partial charge < -0.3 is 14.6 Å². The van der Waals surface area contributed by atoms with Crippen LogP contribution < -0.4 is 0 Å². The van der Waals surface area contributed by atoms with Gasteiger partial charge in [-0.25, -0.2) is 0 Å². The standard InChI is InChI=1S/C11H13F3N2O2/c12-11(13,14)7-15-3-1-2-9(15)10(18)16-4-8(5-16)6-17/h1-3,8,17H,4-7H2. The van der Waals surface area contributed by atoms with E-state index in [1.807, 2.05) is 0 Å². The molecule has 1 fully saturated rings. The molecule has 100 valence electrons. The third kappa shape index (κ3) is 2.66. The summed E-state index contributed by atoms with van der Waals surface area (Å²) >= 11 is 0. The number of aliphatic hydroxyl groups is 1. The Labute approximate surface area is 102 Å². The predicted molar refractivity (Wildman–Crippen MR) is 57.0 cm³/mol. The molecular weight excluding hydrogens is 249 g/mol. The van der Waals surface area contributed by atoms with E-state index in [2.05, 4.69) is 0 Å². The predicted octanol–water partition coefficient (Wildman–Crippen LogP) is 1.11. The molecule has 0 aliphatic carbocycles. The zero-order valence-corrected chi connectivity index (χ0v) is 9.52. The molecule has 0 aromatic carbocycles. The molecule has 4 nitrogen and oxygen atoms in total. The smallest absolute Gasteiger partial charge is 0.396 e. The fraction of sp³-hybridized carbons (Fsp3) is 0.545. The van der Waals surface area contributed by atoms with Crippen molar-refractivity contribution in [2.24, 2.45) is 5.92 Å². The molecule has 1 aromatic heterocycles. The third-order valence-corrected chi connectivity index (χ3v) is 2.90. The molecule has 1 N–H and O–H groups in total. The zero-order chi connectivity index (χ0) is 13.3. The van der Waals surface area contributed by atoms with E-state index < -0.39 is 18.6 Å². The van der Waals surface area contributed by atoms with Crippen molar-refractivity contribution in [2.75, 3.05) is 19.7 Å². The first-order valence-electron chi connectivity index (χ1n) is 5.53. The van der Waals surface area contributed by atoms with Gasteiger partial charge in [-0.1, -0.05) is 0 Å². The normalized spacial score (nSPS) is 16.8. The number of amides is 1. The van der Waals surface area contributed by atoms with E-state index in [0.29, 0.717) is 13.1 Å². The number of nitrogens with zero attached hydrogens (tertiary/aromatic N) is 2. The van der Waals surface area contributed by atoms with Crippen molar-refractivity contribution in [1.29, 1.82) is 0 Å². The van der Waals surface area contributed by atoms with Crippen LogP contribution in [0.25, 0.3) is 0 Å². The van der Waals surface area contributed by atoms with Gasteiger partial charge in [0, 0.05) is 31.8 Å². The number of aliphatic hydroxyl groups excluding tert-OH is 1. The van der Waals surface area contributed by atoms with Crippen LogP contribution >= 0.6 is 0 Å². The average molecular weight is 262 g/mol. The number of hydrogen-bond acceptors (Lipinski definition) is 2. The van der Waals surface area contributed by atoms with Gasteiger partial charge in [-0.05, 0) is 12.1 Å². The quantitative estimate of drug-likeness (QED) is 0.887. The van der Waals surface area contributed by atoms with Crippen LogP contribution in [0.15, 0.2) is 18.3 Å². The Hall–Kier alpha value is -1.50. The molecule has 1 amide bonds. The van der Waals surface area contributed by atoms with Crippen molar-refractivity contribution in [3.05, 3.63) is 24.0 Å². The number of likely N-dealkylation sites (tertiary alicyclic amines) is 1. The Bertz CT molecular complexity index is 436. The Morgan fingerprint density at radius 2 is 2.11 bits per heavy atom. The number of aromatic nitrogens is 1. The molecule has 1 aromatic rings. The van der Waals surface area contributed by atoms with Gasteiger partial charge in [0.2, 0.25) is 0 Å². The lowest BCUT2D eigenvalue weighted by atomic mass is 10.0. The molecule has 2 rings (SSSR count). The highest BCUT2D eigenvalue weighted by Crippen LogP contribution is 2.22.